The van der Waals surface area contributed by atoms with E-state index in [1.807, 2.05) is 29.6 Å². The van der Waals surface area contributed by atoms with Crippen molar-refractivity contribution in [2.24, 2.45) is 0 Å². The second kappa shape index (κ2) is 8.85. The molecule has 4 rings (SSSR count). The highest BCUT2D eigenvalue weighted by Gasteiger charge is 2.30. The Balaban J connectivity index is 1.20. The van der Waals surface area contributed by atoms with Gasteiger partial charge in [0.25, 0.3) is 0 Å². The first-order valence-electron chi connectivity index (χ1n) is 9.89. The molecular formula is C21H27N3O2S. The molecule has 0 atom stereocenters. The summed E-state index contributed by atoms with van der Waals surface area (Å²) in [4.78, 5) is 22.3. The van der Waals surface area contributed by atoms with Crippen LogP contribution in [0.3, 0.4) is 0 Å². The van der Waals surface area contributed by atoms with Gasteiger partial charge in [0, 0.05) is 49.5 Å². The molecule has 0 saturated carbocycles. The summed E-state index contributed by atoms with van der Waals surface area (Å²) in [5.41, 5.74) is 0. The lowest BCUT2D eigenvalue weighted by Gasteiger charge is -2.41. The maximum Gasteiger partial charge on any atom is 0.227 e. The van der Waals surface area contributed by atoms with Crippen molar-refractivity contribution in [3.05, 3.63) is 46.9 Å². The summed E-state index contributed by atoms with van der Waals surface area (Å²) in [5.74, 6) is 1.20. The number of likely N-dealkylation sites (tertiary alicyclic amines) is 2. The molecule has 2 aliphatic heterocycles. The SMILES string of the molecule is O=C(Cc1cccs1)N1CCC(N2CCC(Oc3ccncc3)CC2)CC1. The van der Waals surface area contributed by atoms with Gasteiger partial charge < -0.3 is 9.64 Å². The number of thiophene rings is 1. The van der Waals surface area contributed by atoms with E-state index in [1.165, 1.54) is 4.88 Å². The molecule has 2 aromatic rings. The Hall–Kier alpha value is -1.92. The summed E-state index contributed by atoms with van der Waals surface area (Å²) in [7, 11) is 0. The number of hydrogen-bond acceptors (Lipinski definition) is 5. The second-order valence-electron chi connectivity index (χ2n) is 7.40. The van der Waals surface area contributed by atoms with Crippen molar-refractivity contribution in [1.29, 1.82) is 0 Å². The van der Waals surface area contributed by atoms with Crippen LogP contribution in [0, 0.1) is 0 Å². The van der Waals surface area contributed by atoms with Gasteiger partial charge in [-0.2, -0.15) is 0 Å². The van der Waals surface area contributed by atoms with E-state index >= 15 is 0 Å². The lowest BCUT2D eigenvalue weighted by atomic mass is 9.98. The largest absolute Gasteiger partial charge is 0.490 e. The molecule has 2 fully saturated rings. The average molecular weight is 386 g/mol. The third-order valence-corrected chi connectivity index (χ3v) is 6.54. The van der Waals surface area contributed by atoms with Crippen LogP contribution in [0.15, 0.2) is 42.0 Å². The average Bonchev–Trinajstić information content (AvgIpc) is 3.22. The molecule has 0 spiro atoms. The number of aromatic nitrogens is 1. The van der Waals surface area contributed by atoms with Crippen molar-refractivity contribution in [2.75, 3.05) is 26.2 Å². The maximum absolute atomic E-state index is 12.5. The van der Waals surface area contributed by atoms with Crippen molar-refractivity contribution >= 4 is 17.2 Å². The summed E-state index contributed by atoms with van der Waals surface area (Å²) >= 11 is 1.67. The van der Waals surface area contributed by atoms with Gasteiger partial charge in [-0.1, -0.05) is 6.07 Å². The van der Waals surface area contributed by atoms with Crippen molar-refractivity contribution in [3.63, 3.8) is 0 Å². The minimum absolute atomic E-state index is 0.278. The summed E-state index contributed by atoms with van der Waals surface area (Å²) in [6, 6.07) is 8.53. The first kappa shape index (κ1) is 18.4. The molecule has 1 amide bonds. The summed E-state index contributed by atoms with van der Waals surface area (Å²) < 4.78 is 6.07. The number of carbonyl (C=O) groups excluding carboxylic acids is 1. The molecule has 0 radical (unpaired) electrons. The first-order valence-corrected chi connectivity index (χ1v) is 10.8. The molecule has 4 heterocycles. The van der Waals surface area contributed by atoms with Gasteiger partial charge in [0.1, 0.15) is 11.9 Å². The zero-order chi connectivity index (χ0) is 18.5. The van der Waals surface area contributed by atoms with Gasteiger partial charge in [0.2, 0.25) is 5.91 Å². The fraction of sp³-hybridized carbons (Fsp3) is 0.524. The maximum atomic E-state index is 12.5. The van der Waals surface area contributed by atoms with Crippen molar-refractivity contribution in [3.8, 4) is 5.75 Å². The summed E-state index contributed by atoms with van der Waals surface area (Å²) in [5, 5.41) is 2.04. The third-order valence-electron chi connectivity index (χ3n) is 5.67. The van der Waals surface area contributed by atoms with Crippen molar-refractivity contribution < 1.29 is 9.53 Å². The van der Waals surface area contributed by atoms with Gasteiger partial charge >= 0.3 is 0 Å². The number of piperidine rings is 2. The van der Waals surface area contributed by atoms with Crippen LogP contribution in [0.2, 0.25) is 0 Å². The molecule has 0 aliphatic carbocycles. The van der Waals surface area contributed by atoms with Crippen LogP contribution < -0.4 is 4.74 Å². The quantitative estimate of drug-likeness (QED) is 0.793. The van der Waals surface area contributed by atoms with E-state index in [2.05, 4.69) is 14.8 Å². The molecule has 5 nitrogen and oxygen atoms in total. The van der Waals surface area contributed by atoms with Crippen LogP contribution in [-0.4, -0.2) is 59.0 Å². The van der Waals surface area contributed by atoms with Crippen LogP contribution in [0.25, 0.3) is 0 Å². The van der Waals surface area contributed by atoms with Gasteiger partial charge in [-0.15, -0.1) is 11.3 Å². The van der Waals surface area contributed by atoms with Crippen LogP contribution in [0.5, 0.6) is 5.75 Å². The lowest BCUT2D eigenvalue weighted by Crippen LogP contribution is -2.50. The highest BCUT2D eigenvalue weighted by atomic mass is 32.1. The Morgan fingerprint density at radius 1 is 1.07 bits per heavy atom. The Morgan fingerprint density at radius 3 is 2.48 bits per heavy atom. The molecule has 0 bridgehead atoms. The lowest BCUT2D eigenvalue weighted by molar-refractivity contribution is -0.132. The predicted molar refractivity (Wildman–Crippen MR) is 107 cm³/mol. The van der Waals surface area contributed by atoms with Gasteiger partial charge in [0.05, 0.1) is 6.42 Å². The van der Waals surface area contributed by atoms with E-state index in [9.17, 15) is 4.79 Å². The van der Waals surface area contributed by atoms with Crippen molar-refractivity contribution in [2.45, 2.75) is 44.2 Å². The van der Waals surface area contributed by atoms with Crippen LogP contribution in [0.4, 0.5) is 0 Å². The highest BCUT2D eigenvalue weighted by Crippen LogP contribution is 2.24. The van der Waals surface area contributed by atoms with E-state index in [0.717, 1.165) is 57.6 Å². The molecule has 2 aromatic heterocycles. The first-order chi connectivity index (χ1) is 13.3. The number of hydrogen-bond donors (Lipinski definition) is 0. The van der Waals surface area contributed by atoms with Gasteiger partial charge in [0.15, 0.2) is 0 Å². The molecule has 144 valence electrons. The smallest absolute Gasteiger partial charge is 0.227 e. The van der Waals surface area contributed by atoms with Crippen LogP contribution >= 0.6 is 11.3 Å². The predicted octanol–water partition coefficient (Wildman–Crippen LogP) is 3.22. The van der Waals surface area contributed by atoms with Gasteiger partial charge in [-0.25, -0.2) is 0 Å². The van der Waals surface area contributed by atoms with E-state index in [4.69, 9.17) is 4.74 Å². The Kier molecular flexibility index (Phi) is 6.04. The summed E-state index contributed by atoms with van der Waals surface area (Å²) in [6.45, 7) is 3.96. The topological polar surface area (TPSA) is 45.7 Å². The van der Waals surface area contributed by atoms with Gasteiger partial charge in [-0.3, -0.25) is 14.7 Å². The highest BCUT2D eigenvalue weighted by molar-refractivity contribution is 7.10. The Labute approximate surface area is 165 Å². The van der Waals surface area contributed by atoms with E-state index < -0.39 is 0 Å². The number of rotatable bonds is 5. The molecule has 0 aromatic carbocycles. The van der Waals surface area contributed by atoms with Crippen LogP contribution in [0.1, 0.15) is 30.6 Å². The minimum Gasteiger partial charge on any atom is -0.490 e. The van der Waals surface area contributed by atoms with Gasteiger partial charge in [-0.05, 0) is 49.3 Å². The molecule has 2 saturated heterocycles. The number of nitrogens with zero attached hydrogens (tertiary/aromatic N) is 3. The number of amides is 1. The minimum atomic E-state index is 0.278. The standard InChI is InChI=1S/C21H27N3O2S/c25-21(16-20-2-1-15-27-20)24-11-5-17(6-12-24)23-13-7-19(8-14-23)26-18-3-9-22-10-4-18/h1-4,9-10,15,17,19H,5-8,11-14,16H2. The second-order valence-corrected chi connectivity index (χ2v) is 8.44. The normalized spacial score (nSPS) is 19.9. The monoisotopic (exact) mass is 385 g/mol. The fourth-order valence-electron chi connectivity index (χ4n) is 4.12. The van der Waals surface area contributed by atoms with E-state index in [-0.39, 0.29) is 5.91 Å². The third kappa shape index (κ3) is 4.87. The molecule has 6 heteroatoms. The number of carbonyl (C=O) groups is 1. The fourth-order valence-corrected chi connectivity index (χ4v) is 4.82. The molecule has 0 unspecified atom stereocenters. The zero-order valence-electron chi connectivity index (χ0n) is 15.6. The zero-order valence-corrected chi connectivity index (χ0v) is 16.4. The van der Waals surface area contributed by atoms with Crippen molar-refractivity contribution in [1.82, 2.24) is 14.8 Å². The van der Waals surface area contributed by atoms with E-state index in [0.29, 0.717) is 18.6 Å². The Morgan fingerprint density at radius 2 is 1.81 bits per heavy atom. The number of pyridine rings is 1. The van der Waals surface area contributed by atoms with E-state index in [1.54, 1.807) is 23.7 Å². The van der Waals surface area contributed by atoms with Crippen LogP contribution in [-0.2, 0) is 11.2 Å². The summed E-state index contributed by atoms with van der Waals surface area (Å²) in [6.07, 6.45) is 8.73. The molecule has 2 aliphatic rings. The Bertz CT molecular complexity index is 706. The molecular weight excluding hydrogens is 358 g/mol. The molecule has 27 heavy (non-hydrogen) atoms. The number of ether oxygens (including phenoxy) is 1. The molecule has 0 N–H and O–H groups in total.